The van der Waals surface area contributed by atoms with E-state index in [4.69, 9.17) is 9.72 Å². The lowest BCUT2D eigenvalue weighted by Gasteiger charge is -2.17. The van der Waals surface area contributed by atoms with E-state index in [1.807, 2.05) is 31.2 Å². The Morgan fingerprint density at radius 1 is 1.15 bits per heavy atom. The smallest absolute Gasteiger partial charge is 0.282 e. The van der Waals surface area contributed by atoms with Crippen LogP contribution in [-0.2, 0) is 0 Å². The molecular formula is C26H24BrN3O3. The van der Waals surface area contributed by atoms with Gasteiger partial charge in [0.25, 0.3) is 5.56 Å². The van der Waals surface area contributed by atoms with Crippen LogP contribution in [0.15, 0.2) is 69.0 Å². The number of benzene rings is 3. The van der Waals surface area contributed by atoms with Crippen molar-refractivity contribution >= 4 is 33.0 Å². The number of nitrogens with zero attached hydrogens (tertiary/aromatic N) is 3. The molecule has 0 aliphatic rings. The molecule has 4 aromatic rings. The van der Waals surface area contributed by atoms with Gasteiger partial charge in [0.05, 0.1) is 24.2 Å². The Kier molecular flexibility index (Phi) is 6.33. The molecule has 0 bridgehead atoms. The van der Waals surface area contributed by atoms with E-state index < -0.39 is 0 Å². The highest BCUT2D eigenvalue weighted by molar-refractivity contribution is 9.10. The van der Waals surface area contributed by atoms with Crippen LogP contribution < -0.4 is 10.3 Å². The van der Waals surface area contributed by atoms with Crippen molar-refractivity contribution in [3.8, 4) is 22.9 Å². The summed E-state index contributed by atoms with van der Waals surface area (Å²) in [7, 11) is 1.65. The minimum atomic E-state index is -0.289. The van der Waals surface area contributed by atoms with E-state index in [-0.39, 0.29) is 17.2 Å². The zero-order valence-electron chi connectivity index (χ0n) is 18.8. The average Bonchev–Trinajstić information content (AvgIpc) is 2.80. The topological polar surface area (TPSA) is 76.7 Å². The summed E-state index contributed by atoms with van der Waals surface area (Å²) >= 11 is 3.40. The normalized spacial score (nSPS) is 11.6. The van der Waals surface area contributed by atoms with Gasteiger partial charge >= 0.3 is 0 Å². The highest BCUT2D eigenvalue weighted by Crippen LogP contribution is 2.34. The molecule has 0 spiro atoms. The molecule has 7 heteroatoms. The highest BCUT2D eigenvalue weighted by Gasteiger charge is 2.18. The zero-order valence-corrected chi connectivity index (χ0v) is 20.4. The predicted molar refractivity (Wildman–Crippen MR) is 136 cm³/mol. The van der Waals surface area contributed by atoms with Crippen molar-refractivity contribution in [1.82, 2.24) is 9.66 Å². The molecule has 0 aliphatic heterocycles. The minimum Gasteiger partial charge on any atom is -0.507 e. The van der Waals surface area contributed by atoms with E-state index in [0.717, 1.165) is 26.9 Å². The van der Waals surface area contributed by atoms with Crippen molar-refractivity contribution in [3.63, 3.8) is 0 Å². The summed E-state index contributed by atoms with van der Waals surface area (Å²) in [6.45, 7) is 6.13. The van der Waals surface area contributed by atoms with Crippen LogP contribution in [0, 0.1) is 6.92 Å². The number of phenols is 1. The second-order valence-corrected chi connectivity index (χ2v) is 9.00. The van der Waals surface area contributed by atoms with Crippen LogP contribution in [0.1, 0.15) is 36.5 Å². The monoisotopic (exact) mass is 505 g/mol. The van der Waals surface area contributed by atoms with E-state index in [1.165, 1.54) is 10.9 Å². The van der Waals surface area contributed by atoms with Gasteiger partial charge in [-0.1, -0.05) is 41.9 Å². The third-order valence-electron chi connectivity index (χ3n) is 5.50. The molecule has 1 aromatic heterocycles. The van der Waals surface area contributed by atoms with Gasteiger partial charge in [0.2, 0.25) is 0 Å². The van der Waals surface area contributed by atoms with E-state index in [0.29, 0.717) is 22.3 Å². The number of ether oxygens (including phenoxy) is 1. The van der Waals surface area contributed by atoms with E-state index in [2.05, 4.69) is 34.9 Å². The molecule has 0 unspecified atom stereocenters. The lowest BCUT2D eigenvalue weighted by atomic mass is 9.96. The van der Waals surface area contributed by atoms with Crippen molar-refractivity contribution in [2.75, 3.05) is 7.11 Å². The molecule has 6 nitrogen and oxygen atoms in total. The van der Waals surface area contributed by atoms with Gasteiger partial charge in [-0.15, -0.1) is 0 Å². The van der Waals surface area contributed by atoms with Gasteiger partial charge in [-0.3, -0.25) is 4.79 Å². The second kappa shape index (κ2) is 9.19. The first-order chi connectivity index (χ1) is 15.8. The number of hydrogen-bond donors (Lipinski definition) is 1. The van der Waals surface area contributed by atoms with E-state index in [1.54, 1.807) is 37.4 Å². The first-order valence-corrected chi connectivity index (χ1v) is 11.3. The molecule has 1 N–H and O–H groups in total. The quantitative estimate of drug-likeness (QED) is 0.345. The molecule has 0 aliphatic carbocycles. The maximum absolute atomic E-state index is 13.5. The number of aryl methyl sites for hydroxylation is 1. The van der Waals surface area contributed by atoms with E-state index >= 15 is 0 Å². The molecule has 3 aromatic carbocycles. The Bertz CT molecular complexity index is 1440. The fourth-order valence-corrected chi connectivity index (χ4v) is 4.10. The van der Waals surface area contributed by atoms with Crippen molar-refractivity contribution in [1.29, 1.82) is 0 Å². The van der Waals surface area contributed by atoms with Gasteiger partial charge in [-0.25, -0.2) is 4.98 Å². The molecule has 4 rings (SSSR count). The second-order valence-electron chi connectivity index (χ2n) is 8.08. The molecule has 168 valence electrons. The predicted octanol–water partition coefficient (Wildman–Crippen LogP) is 5.85. The molecule has 1 heterocycles. The average molecular weight is 506 g/mol. The summed E-state index contributed by atoms with van der Waals surface area (Å²) in [5.41, 5.74) is 3.49. The lowest BCUT2D eigenvalue weighted by molar-refractivity contribution is 0.407. The number of phenolic OH excluding ortho intramolecular Hbond substituents is 1. The first-order valence-electron chi connectivity index (χ1n) is 10.5. The summed E-state index contributed by atoms with van der Waals surface area (Å²) in [5.74, 6) is 1.49. The summed E-state index contributed by atoms with van der Waals surface area (Å²) in [4.78, 5) is 18.3. The van der Waals surface area contributed by atoms with Crippen LogP contribution in [0.25, 0.3) is 22.3 Å². The summed E-state index contributed by atoms with van der Waals surface area (Å²) in [6.07, 6.45) is 1.46. The van der Waals surface area contributed by atoms with Crippen molar-refractivity contribution in [2.24, 2.45) is 5.10 Å². The Labute approximate surface area is 200 Å². The maximum atomic E-state index is 13.5. The first kappa shape index (κ1) is 22.7. The summed E-state index contributed by atoms with van der Waals surface area (Å²) in [5, 5.41) is 15.1. The number of halogens is 1. The Hall–Kier alpha value is -3.45. The Morgan fingerprint density at radius 2 is 1.91 bits per heavy atom. The largest absolute Gasteiger partial charge is 0.507 e. The number of methoxy groups -OCH3 is 1. The molecule has 0 saturated heterocycles. The third kappa shape index (κ3) is 4.41. The van der Waals surface area contributed by atoms with Crippen LogP contribution >= 0.6 is 15.9 Å². The van der Waals surface area contributed by atoms with Crippen molar-refractivity contribution in [3.05, 3.63) is 86.1 Å². The SMILES string of the molecule is COc1cc(C)c(-c2nc3ccccc3c(=O)n2N=Cc2cc(Br)ccc2O)cc1C(C)C. The maximum Gasteiger partial charge on any atom is 0.282 e. The fraction of sp³-hybridized carbons (Fsp3) is 0.192. The van der Waals surface area contributed by atoms with Crippen LogP contribution in [0.5, 0.6) is 11.5 Å². The third-order valence-corrected chi connectivity index (χ3v) is 5.99. The molecule has 33 heavy (non-hydrogen) atoms. The van der Waals surface area contributed by atoms with Gasteiger partial charge in [-0.05, 0) is 66.4 Å². The number of aromatic nitrogens is 2. The van der Waals surface area contributed by atoms with Crippen LogP contribution in [0.2, 0.25) is 0 Å². The molecule has 0 fully saturated rings. The summed E-state index contributed by atoms with van der Waals surface area (Å²) in [6, 6.07) is 16.2. The zero-order chi connectivity index (χ0) is 23.7. The van der Waals surface area contributed by atoms with Gasteiger partial charge in [0, 0.05) is 15.6 Å². The number of rotatable bonds is 5. The van der Waals surface area contributed by atoms with Gasteiger partial charge in [-0.2, -0.15) is 9.78 Å². The van der Waals surface area contributed by atoms with Gasteiger partial charge in [0.15, 0.2) is 5.82 Å². The summed E-state index contributed by atoms with van der Waals surface area (Å²) < 4.78 is 7.67. The van der Waals surface area contributed by atoms with Crippen molar-refractivity contribution < 1.29 is 9.84 Å². The highest BCUT2D eigenvalue weighted by atomic mass is 79.9. The molecule has 0 saturated carbocycles. The van der Waals surface area contributed by atoms with Crippen LogP contribution in [0.4, 0.5) is 0 Å². The standard InChI is InChI=1S/C26H24BrN3O3/c1-15(2)20-13-21(16(3)11-24(20)33-4)25-29-22-8-6-5-7-19(22)26(32)30(25)28-14-17-12-18(27)9-10-23(17)31/h5-15,31H,1-4H3. The lowest BCUT2D eigenvalue weighted by Crippen LogP contribution is -2.20. The Morgan fingerprint density at radius 3 is 2.64 bits per heavy atom. The number of para-hydroxylation sites is 1. The van der Waals surface area contributed by atoms with E-state index in [9.17, 15) is 9.90 Å². The number of aromatic hydroxyl groups is 1. The van der Waals surface area contributed by atoms with Crippen LogP contribution in [-0.4, -0.2) is 28.1 Å². The fourth-order valence-electron chi connectivity index (χ4n) is 3.72. The van der Waals surface area contributed by atoms with Gasteiger partial charge in [0.1, 0.15) is 11.5 Å². The van der Waals surface area contributed by atoms with Crippen LogP contribution in [0.3, 0.4) is 0 Å². The minimum absolute atomic E-state index is 0.0630. The van der Waals surface area contributed by atoms with Gasteiger partial charge < -0.3 is 9.84 Å². The van der Waals surface area contributed by atoms with Crippen molar-refractivity contribution in [2.45, 2.75) is 26.7 Å². The molecule has 0 amide bonds. The molecule has 0 radical (unpaired) electrons. The molecular weight excluding hydrogens is 482 g/mol. The number of fused-ring (bicyclic) bond motifs is 1. The Balaban J connectivity index is 2.01. The number of hydrogen-bond acceptors (Lipinski definition) is 5. The molecule has 0 atom stereocenters.